The van der Waals surface area contributed by atoms with E-state index in [1.54, 1.807) is 6.92 Å². The van der Waals surface area contributed by atoms with Crippen LogP contribution in [0.5, 0.6) is 5.75 Å². The molecule has 22 heavy (non-hydrogen) atoms. The minimum absolute atomic E-state index is 0.110. The van der Waals surface area contributed by atoms with Crippen LogP contribution in [0.1, 0.15) is 29.2 Å². The maximum absolute atomic E-state index is 12.1. The van der Waals surface area contributed by atoms with E-state index in [-0.39, 0.29) is 5.91 Å². The molecule has 116 valence electrons. The molecule has 0 aliphatic heterocycles. The zero-order valence-electron chi connectivity index (χ0n) is 13.6. The van der Waals surface area contributed by atoms with Gasteiger partial charge in [-0.2, -0.15) is 0 Å². The van der Waals surface area contributed by atoms with E-state index in [4.69, 9.17) is 4.74 Å². The predicted molar refractivity (Wildman–Crippen MR) is 89.0 cm³/mol. The summed E-state index contributed by atoms with van der Waals surface area (Å²) < 4.78 is 5.72. The number of rotatable bonds is 5. The van der Waals surface area contributed by atoms with Crippen molar-refractivity contribution < 1.29 is 9.53 Å². The molecule has 0 saturated carbocycles. The van der Waals surface area contributed by atoms with Gasteiger partial charge >= 0.3 is 0 Å². The summed E-state index contributed by atoms with van der Waals surface area (Å²) in [7, 11) is 0. The molecule has 1 amide bonds. The summed E-state index contributed by atoms with van der Waals surface area (Å²) in [6.07, 6.45) is -0.522. The zero-order valence-corrected chi connectivity index (χ0v) is 13.6. The lowest BCUT2D eigenvalue weighted by molar-refractivity contribution is -0.127. The van der Waals surface area contributed by atoms with Crippen LogP contribution in [0, 0.1) is 20.8 Å². The van der Waals surface area contributed by atoms with Crippen LogP contribution in [0.2, 0.25) is 0 Å². The molecule has 2 aromatic carbocycles. The average Bonchev–Trinajstić information content (AvgIpc) is 2.50. The Morgan fingerprint density at radius 2 is 1.77 bits per heavy atom. The number of aryl methyl sites for hydroxylation is 3. The maximum Gasteiger partial charge on any atom is 0.261 e. The first-order valence-corrected chi connectivity index (χ1v) is 7.53. The normalized spacial score (nSPS) is 11.8. The first-order chi connectivity index (χ1) is 10.5. The van der Waals surface area contributed by atoms with Crippen LogP contribution in [0.3, 0.4) is 0 Å². The molecule has 2 rings (SSSR count). The number of ether oxygens (including phenoxy) is 1. The lowest BCUT2D eigenvalue weighted by atomic mass is 10.1. The topological polar surface area (TPSA) is 38.3 Å². The molecule has 0 aliphatic rings. The van der Waals surface area contributed by atoms with E-state index in [1.165, 1.54) is 11.1 Å². The summed E-state index contributed by atoms with van der Waals surface area (Å²) in [5.74, 6) is 0.614. The summed E-state index contributed by atoms with van der Waals surface area (Å²) >= 11 is 0. The highest BCUT2D eigenvalue weighted by molar-refractivity contribution is 5.80. The van der Waals surface area contributed by atoms with E-state index in [1.807, 2.05) is 56.3 Å². The highest BCUT2D eigenvalue weighted by atomic mass is 16.5. The zero-order chi connectivity index (χ0) is 16.1. The quantitative estimate of drug-likeness (QED) is 0.914. The summed E-state index contributed by atoms with van der Waals surface area (Å²) in [5.41, 5.74) is 4.66. The fraction of sp³-hybridized carbons (Fsp3) is 0.316. The second-order valence-electron chi connectivity index (χ2n) is 5.65. The fourth-order valence-electron chi connectivity index (χ4n) is 2.18. The van der Waals surface area contributed by atoms with Gasteiger partial charge in [-0.05, 0) is 62.1 Å². The van der Waals surface area contributed by atoms with E-state index in [0.29, 0.717) is 6.54 Å². The Balaban J connectivity index is 1.92. The molecule has 0 spiro atoms. The molecular formula is C19H23NO2. The number of benzene rings is 2. The van der Waals surface area contributed by atoms with E-state index in [9.17, 15) is 4.79 Å². The van der Waals surface area contributed by atoms with Crippen molar-refractivity contribution in [3.63, 3.8) is 0 Å². The Morgan fingerprint density at radius 1 is 1.05 bits per heavy atom. The Bertz CT molecular complexity index is 664. The van der Waals surface area contributed by atoms with Gasteiger partial charge in [-0.15, -0.1) is 0 Å². The van der Waals surface area contributed by atoms with Gasteiger partial charge in [0.25, 0.3) is 5.91 Å². The largest absolute Gasteiger partial charge is 0.481 e. The number of carbonyl (C=O) groups excluding carboxylic acids is 1. The monoisotopic (exact) mass is 297 g/mol. The van der Waals surface area contributed by atoms with E-state index in [0.717, 1.165) is 16.9 Å². The van der Waals surface area contributed by atoms with Crippen molar-refractivity contribution in [2.24, 2.45) is 0 Å². The van der Waals surface area contributed by atoms with Gasteiger partial charge in [0.15, 0.2) is 6.10 Å². The van der Waals surface area contributed by atoms with Crippen molar-refractivity contribution in [3.8, 4) is 5.75 Å². The van der Waals surface area contributed by atoms with Crippen molar-refractivity contribution in [2.45, 2.75) is 40.3 Å². The van der Waals surface area contributed by atoms with E-state index >= 15 is 0 Å². The van der Waals surface area contributed by atoms with Gasteiger partial charge in [0.2, 0.25) is 0 Å². The molecule has 0 radical (unpaired) electrons. The molecule has 0 aromatic heterocycles. The number of nitrogens with one attached hydrogen (secondary N) is 1. The van der Waals surface area contributed by atoms with Crippen LogP contribution in [0.4, 0.5) is 0 Å². The van der Waals surface area contributed by atoms with Gasteiger partial charge in [0, 0.05) is 6.54 Å². The smallest absolute Gasteiger partial charge is 0.261 e. The van der Waals surface area contributed by atoms with Crippen LogP contribution < -0.4 is 10.1 Å². The van der Waals surface area contributed by atoms with Crippen LogP contribution in [0.15, 0.2) is 42.5 Å². The van der Waals surface area contributed by atoms with Crippen molar-refractivity contribution in [2.75, 3.05) is 0 Å². The molecule has 0 saturated heterocycles. The van der Waals surface area contributed by atoms with Gasteiger partial charge in [-0.1, -0.05) is 30.3 Å². The van der Waals surface area contributed by atoms with Crippen LogP contribution in [-0.4, -0.2) is 12.0 Å². The molecule has 2 aromatic rings. The van der Waals surface area contributed by atoms with Gasteiger partial charge < -0.3 is 10.1 Å². The van der Waals surface area contributed by atoms with Crippen molar-refractivity contribution >= 4 is 5.91 Å². The number of hydrogen-bond donors (Lipinski definition) is 1. The van der Waals surface area contributed by atoms with Gasteiger partial charge in [-0.25, -0.2) is 0 Å². The standard InChI is InChI=1S/C19H23NO2/c1-13-9-10-18(11-15(13)3)22-16(4)19(21)20-12-17-8-6-5-7-14(17)2/h5-11,16H,12H2,1-4H3,(H,20,21)/t16-/m1/s1. The fourth-order valence-corrected chi connectivity index (χ4v) is 2.18. The Kier molecular flexibility index (Phi) is 5.21. The van der Waals surface area contributed by atoms with Gasteiger partial charge in [-0.3, -0.25) is 4.79 Å². The van der Waals surface area contributed by atoms with Crippen molar-refractivity contribution in [3.05, 3.63) is 64.7 Å². The maximum atomic E-state index is 12.1. The van der Waals surface area contributed by atoms with E-state index in [2.05, 4.69) is 12.2 Å². The third-order valence-corrected chi connectivity index (χ3v) is 3.87. The molecule has 0 bridgehead atoms. The van der Waals surface area contributed by atoms with Crippen molar-refractivity contribution in [1.82, 2.24) is 5.32 Å². The summed E-state index contributed by atoms with van der Waals surface area (Å²) in [4.78, 5) is 12.1. The molecule has 0 fully saturated rings. The molecule has 3 heteroatoms. The van der Waals surface area contributed by atoms with Crippen molar-refractivity contribution in [1.29, 1.82) is 0 Å². The Morgan fingerprint density at radius 3 is 2.45 bits per heavy atom. The van der Waals surface area contributed by atoms with Crippen LogP contribution in [0.25, 0.3) is 0 Å². The summed E-state index contributed by atoms with van der Waals surface area (Å²) in [6.45, 7) is 8.41. The summed E-state index contributed by atoms with van der Waals surface area (Å²) in [6, 6.07) is 13.9. The average molecular weight is 297 g/mol. The first kappa shape index (κ1) is 16.1. The second kappa shape index (κ2) is 7.12. The lowest BCUT2D eigenvalue weighted by Crippen LogP contribution is -2.36. The number of carbonyl (C=O) groups is 1. The molecule has 1 atom stereocenters. The summed E-state index contributed by atoms with van der Waals surface area (Å²) in [5, 5.41) is 2.92. The molecular weight excluding hydrogens is 274 g/mol. The minimum Gasteiger partial charge on any atom is -0.481 e. The third kappa shape index (κ3) is 4.10. The molecule has 3 nitrogen and oxygen atoms in total. The van der Waals surface area contributed by atoms with Crippen LogP contribution in [-0.2, 0) is 11.3 Å². The SMILES string of the molecule is Cc1ccc(O[C@H](C)C(=O)NCc2ccccc2C)cc1C. The Hall–Kier alpha value is -2.29. The van der Waals surface area contributed by atoms with Gasteiger partial charge in [0.1, 0.15) is 5.75 Å². The predicted octanol–water partition coefficient (Wildman–Crippen LogP) is 3.70. The number of amides is 1. The lowest BCUT2D eigenvalue weighted by Gasteiger charge is -2.16. The molecule has 1 N–H and O–H groups in total. The Labute approximate surface area is 132 Å². The number of hydrogen-bond acceptors (Lipinski definition) is 2. The minimum atomic E-state index is -0.522. The molecule has 0 unspecified atom stereocenters. The van der Waals surface area contributed by atoms with E-state index < -0.39 is 6.10 Å². The third-order valence-electron chi connectivity index (χ3n) is 3.87. The van der Waals surface area contributed by atoms with Gasteiger partial charge in [0.05, 0.1) is 0 Å². The van der Waals surface area contributed by atoms with Crippen LogP contribution >= 0.6 is 0 Å². The highest BCUT2D eigenvalue weighted by Gasteiger charge is 2.14. The first-order valence-electron chi connectivity index (χ1n) is 7.53. The molecule has 0 aliphatic carbocycles. The molecule has 0 heterocycles. The highest BCUT2D eigenvalue weighted by Crippen LogP contribution is 2.17. The second-order valence-corrected chi connectivity index (χ2v) is 5.65.